The molecule has 4 aromatic rings. The third-order valence-corrected chi connectivity index (χ3v) is 4.60. The molecule has 2 heterocycles. The summed E-state index contributed by atoms with van der Waals surface area (Å²) in [7, 11) is 1.65. The zero-order valence-corrected chi connectivity index (χ0v) is 16.5. The highest BCUT2D eigenvalue weighted by molar-refractivity contribution is 6.07. The number of ether oxygens (including phenoxy) is 1. The molecule has 0 unspecified atom stereocenters. The van der Waals surface area contributed by atoms with E-state index in [0.717, 1.165) is 28.6 Å². The molecule has 0 aliphatic carbocycles. The maximum atomic E-state index is 12.7. The topological polar surface area (TPSA) is 89.0 Å². The van der Waals surface area contributed by atoms with Crippen molar-refractivity contribution in [3.05, 3.63) is 84.3 Å². The van der Waals surface area contributed by atoms with E-state index in [1.165, 1.54) is 0 Å². The number of aromatic nitrogens is 3. The molecule has 0 spiro atoms. The predicted octanol–water partition coefficient (Wildman–Crippen LogP) is 3.94. The highest BCUT2D eigenvalue weighted by Crippen LogP contribution is 2.21. The summed E-state index contributed by atoms with van der Waals surface area (Å²) in [6, 6.07) is 18.9. The number of methoxy groups -OCH3 is 1. The van der Waals surface area contributed by atoms with Crippen LogP contribution in [-0.4, -0.2) is 34.5 Å². The molecule has 0 fully saturated rings. The van der Waals surface area contributed by atoms with Crippen molar-refractivity contribution in [3.63, 3.8) is 0 Å². The van der Waals surface area contributed by atoms with Gasteiger partial charge >= 0.3 is 0 Å². The smallest absolute Gasteiger partial charge is 0.274 e. The van der Waals surface area contributed by atoms with E-state index >= 15 is 0 Å². The van der Waals surface area contributed by atoms with Gasteiger partial charge in [0.15, 0.2) is 0 Å². The van der Waals surface area contributed by atoms with Gasteiger partial charge in [0.2, 0.25) is 5.95 Å². The molecule has 2 aromatic carbocycles. The van der Waals surface area contributed by atoms with Gasteiger partial charge in [0, 0.05) is 24.3 Å². The largest absolute Gasteiger partial charge is 0.497 e. The Labute approximate surface area is 174 Å². The summed E-state index contributed by atoms with van der Waals surface area (Å²) >= 11 is 0. The van der Waals surface area contributed by atoms with Crippen LogP contribution >= 0.6 is 0 Å². The van der Waals surface area contributed by atoms with Crippen molar-refractivity contribution >= 4 is 28.4 Å². The van der Waals surface area contributed by atoms with E-state index in [1.807, 2.05) is 54.6 Å². The quantitative estimate of drug-likeness (QED) is 0.489. The second-order valence-electron chi connectivity index (χ2n) is 6.63. The van der Waals surface area contributed by atoms with Gasteiger partial charge < -0.3 is 15.4 Å². The summed E-state index contributed by atoms with van der Waals surface area (Å²) in [4.78, 5) is 25.6. The number of benzene rings is 2. The summed E-state index contributed by atoms with van der Waals surface area (Å²) < 4.78 is 5.24. The van der Waals surface area contributed by atoms with E-state index < -0.39 is 0 Å². The van der Waals surface area contributed by atoms with Crippen molar-refractivity contribution in [2.45, 2.75) is 6.42 Å². The van der Waals surface area contributed by atoms with Gasteiger partial charge in [-0.1, -0.05) is 30.3 Å². The van der Waals surface area contributed by atoms with Crippen molar-refractivity contribution in [1.82, 2.24) is 15.0 Å². The Hall–Kier alpha value is -4.00. The average Bonchev–Trinajstić information content (AvgIpc) is 2.80. The fourth-order valence-corrected chi connectivity index (χ4v) is 3.11. The molecule has 7 nitrogen and oxygen atoms in total. The maximum Gasteiger partial charge on any atom is 0.274 e. The van der Waals surface area contributed by atoms with E-state index in [0.29, 0.717) is 18.2 Å². The van der Waals surface area contributed by atoms with Crippen molar-refractivity contribution in [2.75, 3.05) is 24.3 Å². The number of pyridine rings is 1. The van der Waals surface area contributed by atoms with Crippen LogP contribution in [0.2, 0.25) is 0 Å². The molecular formula is C23H21N5O2. The predicted molar refractivity (Wildman–Crippen MR) is 117 cm³/mol. The van der Waals surface area contributed by atoms with Crippen molar-refractivity contribution in [1.29, 1.82) is 0 Å². The van der Waals surface area contributed by atoms with Gasteiger partial charge in [-0.15, -0.1) is 0 Å². The Morgan fingerprint density at radius 2 is 1.87 bits per heavy atom. The highest BCUT2D eigenvalue weighted by Gasteiger charge is 2.11. The van der Waals surface area contributed by atoms with Gasteiger partial charge in [0.25, 0.3) is 5.91 Å². The summed E-state index contributed by atoms with van der Waals surface area (Å²) in [5.74, 6) is 0.915. The van der Waals surface area contributed by atoms with Crippen LogP contribution in [0, 0.1) is 0 Å². The molecule has 150 valence electrons. The van der Waals surface area contributed by atoms with Crippen LogP contribution in [0.15, 0.2) is 73.1 Å². The standard InChI is InChI=1S/C23H21N5O2/c1-30-18-8-2-5-16(15-18)10-13-25-23-26-14-11-20(28-23)22(29)27-19-9-3-6-17-7-4-12-24-21(17)19/h2-9,11-12,14-15H,10,13H2,1H3,(H,27,29)(H,25,26,28). The number of rotatable bonds is 7. The van der Waals surface area contributed by atoms with Crippen LogP contribution in [0.3, 0.4) is 0 Å². The lowest BCUT2D eigenvalue weighted by molar-refractivity contribution is 0.102. The zero-order valence-electron chi connectivity index (χ0n) is 16.5. The first kappa shape index (κ1) is 19.3. The fraction of sp³-hybridized carbons (Fsp3) is 0.130. The van der Waals surface area contributed by atoms with Crippen molar-refractivity contribution < 1.29 is 9.53 Å². The van der Waals surface area contributed by atoms with Crippen LogP contribution in [0.5, 0.6) is 5.75 Å². The first-order chi connectivity index (χ1) is 14.7. The Kier molecular flexibility index (Phi) is 5.80. The minimum Gasteiger partial charge on any atom is -0.497 e. The molecule has 1 amide bonds. The molecule has 0 radical (unpaired) electrons. The number of hydrogen-bond acceptors (Lipinski definition) is 6. The van der Waals surface area contributed by atoms with E-state index in [9.17, 15) is 4.79 Å². The normalized spacial score (nSPS) is 10.6. The molecule has 0 bridgehead atoms. The molecule has 0 aliphatic heterocycles. The number of nitrogens with zero attached hydrogens (tertiary/aromatic N) is 3. The number of fused-ring (bicyclic) bond motifs is 1. The molecular weight excluding hydrogens is 378 g/mol. The van der Waals surface area contributed by atoms with Gasteiger partial charge in [-0.25, -0.2) is 9.97 Å². The van der Waals surface area contributed by atoms with E-state index in [-0.39, 0.29) is 11.6 Å². The molecule has 0 aliphatic rings. The SMILES string of the molecule is COc1cccc(CCNc2nccc(C(=O)Nc3cccc4cccnc34)n2)c1. The van der Waals surface area contributed by atoms with Crippen LogP contribution in [0.4, 0.5) is 11.6 Å². The molecule has 0 atom stereocenters. The van der Waals surface area contributed by atoms with Gasteiger partial charge in [0.1, 0.15) is 11.4 Å². The number of anilines is 2. The third kappa shape index (κ3) is 4.52. The first-order valence-electron chi connectivity index (χ1n) is 9.58. The lowest BCUT2D eigenvalue weighted by atomic mass is 10.1. The minimum absolute atomic E-state index is 0.279. The highest BCUT2D eigenvalue weighted by atomic mass is 16.5. The first-order valence-corrected chi connectivity index (χ1v) is 9.58. The lowest BCUT2D eigenvalue weighted by Gasteiger charge is -2.09. The van der Waals surface area contributed by atoms with E-state index in [1.54, 1.807) is 25.6 Å². The third-order valence-electron chi connectivity index (χ3n) is 4.60. The Balaban J connectivity index is 1.41. The van der Waals surface area contributed by atoms with E-state index in [4.69, 9.17) is 4.74 Å². The van der Waals surface area contributed by atoms with Crippen molar-refractivity contribution in [2.24, 2.45) is 0 Å². The van der Waals surface area contributed by atoms with E-state index in [2.05, 4.69) is 25.6 Å². The number of amides is 1. The van der Waals surface area contributed by atoms with Crippen LogP contribution in [0.1, 0.15) is 16.1 Å². The number of carbonyl (C=O) groups excluding carboxylic acids is 1. The molecule has 7 heteroatoms. The molecule has 0 saturated heterocycles. The van der Waals surface area contributed by atoms with Gasteiger partial charge in [-0.05, 0) is 42.3 Å². The summed E-state index contributed by atoms with van der Waals surface area (Å²) in [5, 5.41) is 7.01. The minimum atomic E-state index is -0.314. The van der Waals surface area contributed by atoms with Crippen LogP contribution in [-0.2, 0) is 6.42 Å². The molecule has 2 aromatic heterocycles. The Morgan fingerprint density at radius 3 is 2.77 bits per heavy atom. The second-order valence-corrected chi connectivity index (χ2v) is 6.63. The number of para-hydroxylation sites is 1. The Morgan fingerprint density at radius 1 is 1.00 bits per heavy atom. The zero-order chi connectivity index (χ0) is 20.8. The molecule has 30 heavy (non-hydrogen) atoms. The molecule has 2 N–H and O–H groups in total. The number of carbonyl (C=O) groups is 1. The van der Waals surface area contributed by atoms with Crippen LogP contribution < -0.4 is 15.4 Å². The second kappa shape index (κ2) is 9.00. The monoisotopic (exact) mass is 399 g/mol. The summed E-state index contributed by atoms with van der Waals surface area (Å²) in [5.41, 5.74) is 2.80. The molecule has 0 saturated carbocycles. The molecule has 4 rings (SSSR count). The number of nitrogens with one attached hydrogen (secondary N) is 2. The number of hydrogen-bond donors (Lipinski definition) is 2. The summed E-state index contributed by atoms with van der Waals surface area (Å²) in [6.45, 7) is 0.630. The van der Waals surface area contributed by atoms with Gasteiger partial charge in [-0.2, -0.15) is 0 Å². The van der Waals surface area contributed by atoms with Crippen molar-refractivity contribution in [3.8, 4) is 5.75 Å². The average molecular weight is 399 g/mol. The fourth-order valence-electron chi connectivity index (χ4n) is 3.11. The Bertz CT molecular complexity index is 1170. The summed E-state index contributed by atoms with van der Waals surface area (Å²) in [6.07, 6.45) is 4.04. The lowest BCUT2D eigenvalue weighted by Crippen LogP contribution is -2.16. The maximum absolute atomic E-state index is 12.7. The van der Waals surface area contributed by atoms with Gasteiger partial charge in [-0.3, -0.25) is 9.78 Å². The van der Waals surface area contributed by atoms with Gasteiger partial charge in [0.05, 0.1) is 18.3 Å². The van der Waals surface area contributed by atoms with Crippen LogP contribution in [0.25, 0.3) is 10.9 Å².